The molecular formula is C18H18ClN3S. The number of nitrogens with one attached hydrogen (secondary N) is 1. The van der Waals surface area contributed by atoms with E-state index < -0.39 is 0 Å². The van der Waals surface area contributed by atoms with Crippen molar-refractivity contribution in [1.82, 2.24) is 15.3 Å². The molecule has 0 amide bonds. The number of rotatable bonds is 6. The van der Waals surface area contributed by atoms with Gasteiger partial charge >= 0.3 is 0 Å². The van der Waals surface area contributed by atoms with Crippen LogP contribution >= 0.6 is 22.9 Å². The first-order chi connectivity index (χ1) is 11.2. The summed E-state index contributed by atoms with van der Waals surface area (Å²) in [5.74, 6) is 0. The van der Waals surface area contributed by atoms with Crippen molar-refractivity contribution < 1.29 is 0 Å². The molecule has 3 nitrogen and oxygen atoms in total. The van der Waals surface area contributed by atoms with E-state index in [1.807, 2.05) is 48.1 Å². The molecule has 2 aromatic heterocycles. The molecule has 5 heteroatoms. The van der Waals surface area contributed by atoms with Crippen molar-refractivity contribution >= 4 is 22.9 Å². The zero-order chi connectivity index (χ0) is 16.1. The monoisotopic (exact) mass is 343 g/mol. The van der Waals surface area contributed by atoms with Gasteiger partial charge in [-0.15, -0.1) is 11.3 Å². The van der Waals surface area contributed by atoms with Gasteiger partial charge in [-0.25, -0.2) is 4.98 Å². The predicted octanol–water partition coefficient (Wildman–Crippen LogP) is 4.42. The summed E-state index contributed by atoms with van der Waals surface area (Å²) in [7, 11) is 0. The average Bonchev–Trinajstić information content (AvgIpc) is 2.97. The van der Waals surface area contributed by atoms with Crippen LogP contribution in [0.3, 0.4) is 0 Å². The van der Waals surface area contributed by atoms with E-state index in [2.05, 4.69) is 28.3 Å². The second-order valence-electron chi connectivity index (χ2n) is 5.31. The van der Waals surface area contributed by atoms with Gasteiger partial charge in [0, 0.05) is 22.6 Å². The lowest BCUT2D eigenvalue weighted by molar-refractivity contribution is 0.594. The Morgan fingerprint density at radius 3 is 2.78 bits per heavy atom. The number of halogens is 1. The maximum absolute atomic E-state index is 6.16. The largest absolute Gasteiger partial charge is 0.305 e. The highest BCUT2D eigenvalue weighted by Gasteiger charge is 2.15. The number of hydrogen-bond donors (Lipinski definition) is 1. The molecule has 3 rings (SSSR count). The number of thiazole rings is 1. The highest BCUT2D eigenvalue weighted by molar-refractivity contribution is 7.09. The SMILES string of the molecule is Cc1ncsc1CCN[C@@H](c1cccc(Cl)c1)c1ccccn1. The topological polar surface area (TPSA) is 37.8 Å². The number of aryl methyl sites for hydroxylation is 1. The van der Waals surface area contributed by atoms with Crippen molar-refractivity contribution in [3.63, 3.8) is 0 Å². The fraction of sp³-hybridized carbons (Fsp3) is 0.222. The highest BCUT2D eigenvalue weighted by Crippen LogP contribution is 2.23. The van der Waals surface area contributed by atoms with Crippen LogP contribution in [0, 0.1) is 6.92 Å². The fourth-order valence-electron chi connectivity index (χ4n) is 2.52. The molecule has 3 aromatic rings. The molecule has 0 saturated heterocycles. The van der Waals surface area contributed by atoms with Gasteiger partial charge in [-0.3, -0.25) is 4.98 Å². The molecule has 2 heterocycles. The van der Waals surface area contributed by atoms with Crippen molar-refractivity contribution in [3.8, 4) is 0 Å². The molecular weight excluding hydrogens is 326 g/mol. The summed E-state index contributed by atoms with van der Waals surface area (Å²) in [4.78, 5) is 10.1. The lowest BCUT2D eigenvalue weighted by Gasteiger charge is -2.19. The van der Waals surface area contributed by atoms with Gasteiger partial charge < -0.3 is 5.32 Å². The molecule has 0 radical (unpaired) electrons. The van der Waals surface area contributed by atoms with Crippen molar-refractivity contribution in [2.45, 2.75) is 19.4 Å². The molecule has 0 aliphatic carbocycles. The van der Waals surface area contributed by atoms with Gasteiger partial charge in [0.05, 0.1) is 22.9 Å². The summed E-state index contributed by atoms with van der Waals surface area (Å²) in [6.45, 7) is 2.91. The normalized spacial score (nSPS) is 12.3. The number of hydrogen-bond acceptors (Lipinski definition) is 4. The number of benzene rings is 1. The molecule has 0 aliphatic heterocycles. The lowest BCUT2D eigenvalue weighted by Crippen LogP contribution is -2.25. The molecule has 118 valence electrons. The van der Waals surface area contributed by atoms with Crippen molar-refractivity contribution in [1.29, 1.82) is 0 Å². The maximum atomic E-state index is 6.16. The third kappa shape index (κ3) is 4.16. The predicted molar refractivity (Wildman–Crippen MR) is 96.1 cm³/mol. The van der Waals surface area contributed by atoms with Crippen molar-refractivity contribution in [3.05, 3.63) is 81.0 Å². The van der Waals surface area contributed by atoms with E-state index in [4.69, 9.17) is 11.6 Å². The van der Waals surface area contributed by atoms with E-state index in [-0.39, 0.29) is 6.04 Å². The fourth-order valence-corrected chi connectivity index (χ4v) is 3.50. The van der Waals surface area contributed by atoms with Crippen LogP contribution in [0.15, 0.2) is 54.2 Å². The Hall–Kier alpha value is -1.75. The minimum atomic E-state index is 0.0307. The second-order valence-corrected chi connectivity index (χ2v) is 6.68. The van der Waals surface area contributed by atoms with Gasteiger partial charge in [-0.2, -0.15) is 0 Å². The standard InChI is InChI=1S/C18H18ClN3S/c1-13-17(23-12-22-13)8-10-21-18(16-7-2-3-9-20-16)14-5-4-6-15(19)11-14/h2-7,9,11-12,18,21H,8,10H2,1H3/t18-/m0/s1. The third-order valence-corrected chi connectivity index (χ3v) is 4.94. The Labute approximate surface area is 145 Å². The quantitative estimate of drug-likeness (QED) is 0.719. The van der Waals surface area contributed by atoms with Crippen molar-refractivity contribution in [2.75, 3.05) is 6.54 Å². The Bertz CT molecular complexity index is 758. The van der Waals surface area contributed by atoms with Crippen molar-refractivity contribution in [2.24, 2.45) is 0 Å². The van der Waals surface area contributed by atoms with Crippen LogP contribution in [-0.2, 0) is 6.42 Å². The van der Waals surface area contributed by atoms with Gasteiger partial charge in [0.15, 0.2) is 0 Å². The summed E-state index contributed by atoms with van der Waals surface area (Å²) in [5.41, 5.74) is 5.14. The summed E-state index contributed by atoms with van der Waals surface area (Å²) >= 11 is 7.87. The Morgan fingerprint density at radius 2 is 2.09 bits per heavy atom. The zero-order valence-corrected chi connectivity index (χ0v) is 14.4. The molecule has 23 heavy (non-hydrogen) atoms. The van der Waals surface area contributed by atoms with Crippen LogP contribution in [0.4, 0.5) is 0 Å². The van der Waals surface area contributed by atoms with Crippen LogP contribution in [0.25, 0.3) is 0 Å². The summed E-state index contributed by atoms with van der Waals surface area (Å²) in [5, 5.41) is 4.34. The first kappa shape index (κ1) is 16.1. The van der Waals surface area contributed by atoms with Gasteiger partial charge in [-0.05, 0) is 43.2 Å². The van der Waals surface area contributed by atoms with Crippen LogP contribution in [0.5, 0.6) is 0 Å². The van der Waals surface area contributed by atoms with Crippen LogP contribution in [-0.4, -0.2) is 16.5 Å². The average molecular weight is 344 g/mol. The number of nitrogens with zero attached hydrogens (tertiary/aromatic N) is 2. The molecule has 0 spiro atoms. The molecule has 1 aromatic carbocycles. The third-order valence-electron chi connectivity index (χ3n) is 3.71. The number of aromatic nitrogens is 2. The van der Waals surface area contributed by atoms with E-state index >= 15 is 0 Å². The summed E-state index contributed by atoms with van der Waals surface area (Å²) in [6, 6.07) is 13.9. The van der Waals surface area contributed by atoms with Gasteiger partial charge in [0.25, 0.3) is 0 Å². The Balaban J connectivity index is 1.77. The van der Waals surface area contributed by atoms with E-state index in [0.29, 0.717) is 0 Å². The second kappa shape index (κ2) is 7.68. The minimum Gasteiger partial charge on any atom is -0.305 e. The molecule has 0 aliphatic rings. The van der Waals surface area contributed by atoms with E-state index in [0.717, 1.165) is 34.9 Å². The molecule has 1 N–H and O–H groups in total. The smallest absolute Gasteiger partial charge is 0.0797 e. The molecule has 0 bridgehead atoms. The molecule has 0 unspecified atom stereocenters. The minimum absolute atomic E-state index is 0.0307. The zero-order valence-electron chi connectivity index (χ0n) is 12.9. The molecule has 1 atom stereocenters. The lowest BCUT2D eigenvalue weighted by atomic mass is 10.0. The van der Waals surface area contributed by atoms with Crippen LogP contribution in [0.2, 0.25) is 5.02 Å². The molecule has 0 fully saturated rings. The maximum Gasteiger partial charge on any atom is 0.0797 e. The van der Waals surface area contributed by atoms with E-state index in [1.165, 1.54) is 4.88 Å². The van der Waals surface area contributed by atoms with Gasteiger partial charge in [0.2, 0.25) is 0 Å². The van der Waals surface area contributed by atoms with Gasteiger partial charge in [-0.1, -0.05) is 29.8 Å². The van der Waals surface area contributed by atoms with Crippen LogP contribution < -0.4 is 5.32 Å². The van der Waals surface area contributed by atoms with Crippen LogP contribution in [0.1, 0.15) is 27.9 Å². The number of pyridine rings is 1. The Kier molecular flexibility index (Phi) is 5.39. The first-order valence-electron chi connectivity index (χ1n) is 7.53. The molecule has 0 saturated carbocycles. The first-order valence-corrected chi connectivity index (χ1v) is 8.78. The highest BCUT2D eigenvalue weighted by atomic mass is 35.5. The van der Waals surface area contributed by atoms with E-state index in [9.17, 15) is 0 Å². The summed E-state index contributed by atoms with van der Waals surface area (Å²) in [6.07, 6.45) is 2.78. The Morgan fingerprint density at radius 1 is 1.17 bits per heavy atom. The van der Waals surface area contributed by atoms with Gasteiger partial charge in [0.1, 0.15) is 0 Å². The summed E-state index contributed by atoms with van der Waals surface area (Å²) < 4.78 is 0. The van der Waals surface area contributed by atoms with E-state index in [1.54, 1.807) is 11.3 Å².